The van der Waals surface area contributed by atoms with Gasteiger partial charge in [-0.25, -0.2) is 4.68 Å². The van der Waals surface area contributed by atoms with Crippen LogP contribution >= 0.6 is 0 Å². The maximum Gasteiger partial charge on any atom is 0.144 e. The standard InChI is InChI=1S/C11H10N4/c12-7-9-1-3-10(4-2-9)15-11(8-13)5-6-14-15/h1-6H,7,12H2. The summed E-state index contributed by atoms with van der Waals surface area (Å²) in [5.74, 6) is 0. The molecule has 0 radical (unpaired) electrons. The molecule has 1 heterocycles. The van der Waals surface area contributed by atoms with Gasteiger partial charge < -0.3 is 5.73 Å². The van der Waals surface area contributed by atoms with Gasteiger partial charge in [-0.2, -0.15) is 10.4 Å². The first-order valence-electron chi connectivity index (χ1n) is 4.58. The molecule has 15 heavy (non-hydrogen) atoms. The van der Waals surface area contributed by atoms with Gasteiger partial charge in [-0.05, 0) is 23.8 Å². The van der Waals surface area contributed by atoms with Crippen LogP contribution in [0.5, 0.6) is 0 Å². The highest BCUT2D eigenvalue weighted by Crippen LogP contribution is 2.10. The quantitative estimate of drug-likeness (QED) is 0.788. The first-order valence-corrected chi connectivity index (χ1v) is 4.58. The number of nitrogens with zero attached hydrogens (tertiary/aromatic N) is 3. The van der Waals surface area contributed by atoms with Crippen molar-refractivity contribution in [2.75, 3.05) is 0 Å². The Morgan fingerprint density at radius 1 is 1.27 bits per heavy atom. The molecule has 1 aromatic heterocycles. The Morgan fingerprint density at radius 2 is 2.00 bits per heavy atom. The number of hydrogen-bond acceptors (Lipinski definition) is 3. The predicted octanol–water partition coefficient (Wildman–Crippen LogP) is 1.20. The van der Waals surface area contributed by atoms with Crippen molar-refractivity contribution in [2.45, 2.75) is 6.54 Å². The van der Waals surface area contributed by atoms with Gasteiger partial charge in [-0.3, -0.25) is 0 Å². The molecular weight excluding hydrogens is 188 g/mol. The van der Waals surface area contributed by atoms with Crippen LogP contribution in [-0.2, 0) is 6.54 Å². The smallest absolute Gasteiger partial charge is 0.144 e. The summed E-state index contributed by atoms with van der Waals surface area (Å²) in [6, 6.07) is 11.4. The normalized spacial score (nSPS) is 9.87. The summed E-state index contributed by atoms with van der Waals surface area (Å²) in [5.41, 5.74) is 7.95. The third kappa shape index (κ3) is 1.73. The summed E-state index contributed by atoms with van der Waals surface area (Å²) in [6.07, 6.45) is 1.61. The van der Waals surface area contributed by atoms with E-state index in [1.807, 2.05) is 24.3 Å². The van der Waals surface area contributed by atoms with Crippen LogP contribution in [0.4, 0.5) is 0 Å². The minimum absolute atomic E-state index is 0.518. The zero-order chi connectivity index (χ0) is 10.7. The van der Waals surface area contributed by atoms with Gasteiger partial charge >= 0.3 is 0 Å². The fourth-order valence-electron chi connectivity index (χ4n) is 1.37. The van der Waals surface area contributed by atoms with E-state index in [1.54, 1.807) is 16.9 Å². The van der Waals surface area contributed by atoms with Crippen molar-refractivity contribution in [1.82, 2.24) is 9.78 Å². The first kappa shape index (κ1) is 9.44. The van der Waals surface area contributed by atoms with Crippen molar-refractivity contribution >= 4 is 0 Å². The highest BCUT2D eigenvalue weighted by atomic mass is 15.3. The van der Waals surface area contributed by atoms with Crippen LogP contribution in [0, 0.1) is 11.3 Å². The highest BCUT2D eigenvalue weighted by Gasteiger charge is 2.02. The van der Waals surface area contributed by atoms with Crippen LogP contribution in [0.1, 0.15) is 11.3 Å². The number of rotatable bonds is 2. The summed E-state index contributed by atoms with van der Waals surface area (Å²) < 4.78 is 1.60. The van der Waals surface area contributed by atoms with Gasteiger partial charge in [0.25, 0.3) is 0 Å². The van der Waals surface area contributed by atoms with Crippen LogP contribution in [0.2, 0.25) is 0 Å². The fourth-order valence-corrected chi connectivity index (χ4v) is 1.37. The molecule has 0 aliphatic heterocycles. The topological polar surface area (TPSA) is 67.6 Å². The Kier molecular flexibility index (Phi) is 2.48. The fraction of sp³-hybridized carbons (Fsp3) is 0.0909. The van der Waals surface area contributed by atoms with E-state index in [0.29, 0.717) is 12.2 Å². The molecule has 0 aliphatic rings. The van der Waals surface area contributed by atoms with Crippen LogP contribution in [0.15, 0.2) is 36.5 Å². The van der Waals surface area contributed by atoms with Crippen molar-refractivity contribution in [1.29, 1.82) is 5.26 Å². The molecule has 0 aliphatic carbocycles. The molecule has 2 rings (SSSR count). The van der Waals surface area contributed by atoms with Crippen LogP contribution < -0.4 is 5.73 Å². The van der Waals surface area contributed by atoms with E-state index in [4.69, 9.17) is 11.0 Å². The third-order valence-corrected chi connectivity index (χ3v) is 2.17. The van der Waals surface area contributed by atoms with Gasteiger partial charge in [0.15, 0.2) is 0 Å². The monoisotopic (exact) mass is 198 g/mol. The van der Waals surface area contributed by atoms with E-state index >= 15 is 0 Å². The number of nitriles is 1. The summed E-state index contributed by atoms with van der Waals surface area (Å²) >= 11 is 0. The van der Waals surface area contributed by atoms with Crippen LogP contribution in [0.3, 0.4) is 0 Å². The number of hydrogen-bond donors (Lipinski definition) is 1. The van der Waals surface area contributed by atoms with Gasteiger partial charge in [0.05, 0.1) is 11.9 Å². The Morgan fingerprint density at radius 3 is 2.60 bits per heavy atom. The molecule has 74 valence electrons. The molecule has 4 nitrogen and oxygen atoms in total. The lowest BCUT2D eigenvalue weighted by Crippen LogP contribution is -2.00. The second-order valence-corrected chi connectivity index (χ2v) is 3.11. The van der Waals surface area contributed by atoms with Crippen LogP contribution in [-0.4, -0.2) is 9.78 Å². The first-order chi connectivity index (χ1) is 7.35. The lowest BCUT2D eigenvalue weighted by atomic mass is 10.2. The Balaban J connectivity index is 2.42. The lowest BCUT2D eigenvalue weighted by Gasteiger charge is -2.03. The molecule has 4 heteroatoms. The maximum atomic E-state index is 8.84. The van der Waals surface area contributed by atoms with Crippen molar-refractivity contribution in [3.63, 3.8) is 0 Å². The number of aromatic nitrogens is 2. The van der Waals surface area contributed by atoms with Crippen molar-refractivity contribution < 1.29 is 0 Å². The third-order valence-electron chi connectivity index (χ3n) is 2.17. The average molecular weight is 198 g/mol. The summed E-state index contributed by atoms with van der Waals surface area (Å²) in [4.78, 5) is 0. The van der Waals surface area contributed by atoms with Gasteiger partial charge in [0.2, 0.25) is 0 Å². The van der Waals surface area contributed by atoms with Gasteiger partial charge in [-0.1, -0.05) is 12.1 Å². The van der Waals surface area contributed by atoms with E-state index in [9.17, 15) is 0 Å². The van der Waals surface area contributed by atoms with Gasteiger partial charge in [0.1, 0.15) is 11.8 Å². The Hall–Kier alpha value is -2.12. The molecule has 0 atom stereocenters. The molecule has 1 aromatic carbocycles. The highest BCUT2D eigenvalue weighted by molar-refractivity contribution is 5.38. The van der Waals surface area contributed by atoms with E-state index in [0.717, 1.165) is 11.3 Å². The molecule has 0 saturated heterocycles. The second-order valence-electron chi connectivity index (χ2n) is 3.11. The number of benzene rings is 1. The molecule has 0 bridgehead atoms. The zero-order valence-corrected chi connectivity index (χ0v) is 8.09. The van der Waals surface area contributed by atoms with Crippen LogP contribution in [0.25, 0.3) is 5.69 Å². The Labute approximate surface area is 87.6 Å². The van der Waals surface area contributed by atoms with Gasteiger partial charge in [0, 0.05) is 6.54 Å². The summed E-state index contributed by atoms with van der Waals surface area (Å²) in [5, 5.41) is 12.9. The van der Waals surface area contributed by atoms with Crippen molar-refractivity contribution in [3.05, 3.63) is 47.8 Å². The molecule has 2 aromatic rings. The second kappa shape index (κ2) is 3.95. The largest absolute Gasteiger partial charge is 0.326 e. The molecule has 2 N–H and O–H groups in total. The van der Waals surface area contributed by atoms with Gasteiger partial charge in [-0.15, -0.1) is 0 Å². The average Bonchev–Trinajstić information content (AvgIpc) is 2.77. The lowest BCUT2D eigenvalue weighted by molar-refractivity contribution is 0.865. The molecule has 0 fully saturated rings. The molecule has 0 amide bonds. The SMILES string of the molecule is N#Cc1ccnn1-c1ccc(CN)cc1. The minimum atomic E-state index is 0.518. The molecule has 0 spiro atoms. The van der Waals surface area contributed by atoms with E-state index < -0.39 is 0 Å². The van der Waals surface area contributed by atoms with Crippen molar-refractivity contribution in [2.24, 2.45) is 5.73 Å². The zero-order valence-electron chi connectivity index (χ0n) is 8.09. The van der Waals surface area contributed by atoms with E-state index in [-0.39, 0.29) is 0 Å². The minimum Gasteiger partial charge on any atom is -0.326 e. The Bertz CT molecular complexity index is 490. The summed E-state index contributed by atoms with van der Waals surface area (Å²) in [7, 11) is 0. The van der Waals surface area contributed by atoms with E-state index in [2.05, 4.69) is 11.2 Å². The van der Waals surface area contributed by atoms with Crippen molar-refractivity contribution in [3.8, 4) is 11.8 Å². The molecule has 0 unspecified atom stereocenters. The predicted molar refractivity (Wildman–Crippen MR) is 56.2 cm³/mol. The number of nitrogens with two attached hydrogens (primary N) is 1. The molecular formula is C11H10N4. The maximum absolute atomic E-state index is 8.84. The summed E-state index contributed by atoms with van der Waals surface area (Å²) in [6.45, 7) is 0.518. The molecule has 0 saturated carbocycles. The van der Waals surface area contributed by atoms with E-state index in [1.165, 1.54) is 0 Å².